The molecule has 2 heterocycles. The van der Waals surface area contributed by atoms with Crippen molar-refractivity contribution >= 4 is 27.5 Å². The molecule has 0 radical (unpaired) electrons. The number of nitrogens with zero attached hydrogens (tertiary/aromatic N) is 2. The maximum absolute atomic E-state index is 6.05. The molecule has 0 aliphatic carbocycles. The number of ether oxygens (including phenoxy) is 2. The van der Waals surface area contributed by atoms with E-state index in [9.17, 15) is 0 Å². The summed E-state index contributed by atoms with van der Waals surface area (Å²) in [5.74, 6) is 1.89. The van der Waals surface area contributed by atoms with E-state index in [4.69, 9.17) is 9.47 Å². The highest BCUT2D eigenvalue weighted by Crippen LogP contribution is 2.29. The van der Waals surface area contributed by atoms with Crippen LogP contribution in [0.1, 0.15) is 6.42 Å². The van der Waals surface area contributed by atoms with Gasteiger partial charge in [0.2, 0.25) is 0 Å². The second-order valence-corrected chi connectivity index (χ2v) is 8.08. The summed E-state index contributed by atoms with van der Waals surface area (Å²) >= 11 is 0. The predicted molar refractivity (Wildman–Crippen MR) is 128 cm³/mol. The number of hydrogen-bond acceptors (Lipinski definition) is 4. The zero-order chi connectivity index (χ0) is 21.0. The van der Waals surface area contributed by atoms with Crippen molar-refractivity contribution in [3.8, 4) is 11.5 Å². The molecule has 1 aliphatic rings. The van der Waals surface area contributed by atoms with E-state index in [1.165, 1.54) is 22.0 Å². The molecule has 0 atom stereocenters. The number of aromatic amines is 1. The van der Waals surface area contributed by atoms with Crippen molar-refractivity contribution in [2.45, 2.75) is 6.42 Å². The Labute approximate surface area is 183 Å². The SMILES string of the molecule is COc1ccccc1N1CCN(CCCOc2ccc3c(c2)[nH]c2ccccc23)CC1. The minimum atomic E-state index is 0.735. The highest BCUT2D eigenvalue weighted by molar-refractivity contribution is 6.07. The maximum Gasteiger partial charge on any atom is 0.142 e. The highest BCUT2D eigenvalue weighted by atomic mass is 16.5. The van der Waals surface area contributed by atoms with Crippen molar-refractivity contribution in [3.63, 3.8) is 0 Å². The van der Waals surface area contributed by atoms with Gasteiger partial charge in [0.15, 0.2) is 0 Å². The van der Waals surface area contributed by atoms with Crippen molar-refractivity contribution in [1.82, 2.24) is 9.88 Å². The predicted octanol–water partition coefficient (Wildman–Crippen LogP) is 4.92. The fourth-order valence-corrected chi connectivity index (χ4v) is 4.51. The summed E-state index contributed by atoms with van der Waals surface area (Å²) in [5.41, 5.74) is 3.49. The molecule has 0 bridgehead atoms. The molecule has 31 heavy (non-hydrogen) atoms. The molecule has 0 unspecified atom stereocenters. The fraction of sp³-hybridized carbons (Fsp3) is 0.308. The van der Waals surface area contributed by atoms with Crippen LogP contribution in [0.3, 0.4) is 0 Å². The number of aromatic nitrogens is 1. The van der Waals surface area contributed by atoms with E-state index in [0.717, 1.165) is 62.8 Å². The summed E-state index contributed by atoms with van der Waals surface area (Å²) in [6, 6.07) is 23.0. The molecule has 1 saturated heterocycles. The molecule has 1 aliphatic heterocycles. The first-order valence-electron chi connectivity index (χ1n) is 11.1. The molecule has 1 fully saturated rings. The van der Waals surface area contributed by atoms with Crippen molar-refractivity contribution in [2.75, 3.05) is 51.3 Å². The third-order valence-corrected chi connectivity index (χ3v) is 6.16. The summed E-state index contributed by atoms with van der Waals surface area (Å²) in [7, 11) is 1.74. The van der Waals surface area contributed by atoms with E-state index < -0.39 is 0 Å². The molecule has 3 aromatic carbocycles. The van der Waals surface area contributed by atoms with Crippen LogP contribution in [0.2, 0.25) is 0 Å². The third-order valence-electron chi connectivity index (χ3n) is 6.16. The third kappa shape index (κ3) is 4.19. The van der Waals surface area contributed by atoms with E-state index >= 15 is 0 Å². The Bertz CT molecular complexity index is 1160. The Kier molecular flexibility index (Phi) is 5.67. The Morgan fingerprint density at radius 2 is 1.61 bits per heavy atom. The van der Waals surface area contributed by atoms with Crippen LogP contribution in [0.4, 0.5) is 5.69 Å². The van der Waals surface area contributed by atoms with Crippen LogP contribution in [-0.2, 0) is 0 Å². The van der Waals surface area contributed by atoms with Crippen molar-refractivity contribution < 1.29 is 9.47 Å². The van der Waals surface area contributed by atoms with Crippen LogP contribution < -0.4 is 14.4 Å². The van der Waals surface area contributed by atoms with Gasteiger partial charge >= 0.3 is 0 Å². The molecule has 1 aromatic heterocycles. The molecule has 0 amide bonds. The van der Waals surface area contributed by atoms with Gasteiger partial charge in [-0.25, -0.2) is 0 Å². The lowest BCUT2D eigenvalue weighted by Gasteiger charge is -2.36. The Balaban J connectivity index is 1.10. The monoisotopic (exact) mass is 415 g/mol. The van der Waals surface area contributed by atoms with E-state index in [0.29, 0.717) is 0 Å². The number of benzene rings is 3. The number of nitrogens with one attached hydrogen (secondary N) is 1. The molecule has 4 aromatic rings. The Morgan fingerprint density at radius 3 is 2.48 bits per heavy atom. The lowest BCUT2D eigenvalue weighted by Crippen LogP contribution is -2.46. The zero-order valence-corrected chi connectivity index (χ0v) is 18.0. The molecule has 5 rings (SSSR count). The van der Waals surface area contributed by atoms with Gasteiger partial charge in [-0.05, 0) is 36.8 Å². The van der Waals surface area contributed by atoms with Crippen molar-refractivity contribution in [2.24, 2.45) is 0 Å². The number of hydrogen-bond donors (Lipinski definition) is 1. The maximum atomic E-state index is 6.05. The Morgan fingerprint density at radius 1 is 0.839 bits per heavy atom. The molecule has 160 valence electrons. The fourth-order valence-electron chi connectivity index (χ4n) is 4.51. The second-order valence-electron chi connectivity index (χ2n) is 8.08. The smallest absolute Gasteiger partial charge is 0.142 e. The first-order valence-corrected chi connectivity index (χ1v) is 11.1. The number of H-pyrrole nitrogens is 1. The molecule has 1 N–H and O–H groups in total. The van der Waals surface area contributed by atoms with E-state index in [1.807, 2.05) is 12.1 Å². The number of para-hydroxylation sites is 3. The summed E-state index contributed by atoms with van der Waals surface area (Å²) in [6.07, 6.45) is 1.03. The topological polar surface area (TPSA) is 40.7 Å². The standard InChI is InChI=1S/C26H29N3O2/c1-30-26-10-5-4-9-25(26)29-16-14-28(15-17-29)13-6-18-31-20-11-12-22-21-7-2-3-8-23(21)27-24(22)19-20/h2-5,7-12,19,27H,6,13-18H2,1H3. The zero-order valence-electron chi connectivity index (χ0n) is 18.0. The summed E-state index contributed by atoms with van der Waals surface area (Å²) in [6.45, 7) is 5.99. The van der Waals surface area contributed by atoms with Crippen LogP contribution in [-0.4, -0.2) is 56.3 Å². The molecular formula is C26H29N3O2. The minimum absolute atomic E-state index is 0.735. The van der Waals surface area contributed by atoms with Crippen molar-refractivity contribution in [3.05, 3.63) is 66.7 Å². The lowest BCUT2D eigenvalue weighted by atomic mass is 10.1. The first-order chi connectivity index (χ1) is 15.3. The van der Waals surface area contributed by atoms with Crippen LogP contribution in [0.25, 0.3) is 21.8 Å². The van der Waals surface area contributed by atoms with Gasteiger partial charge in [-0.3, -0.25) is 4.90 Å². The summed E-state index contributed by atoms with van der Waals surface area (Å²) in [4.78, 5) is 8.43. The highest BCUT2D eigenvalue weighted by Gasteiger charge is 2.19. The number of piperazine rings is 1. The van der Waals surface area contributed by atoms with Gasteiger partial charge < -0.3 is 19.4 Å². The largest absolute Gasteiger partial charge is 0.495 e. The van der Waals surface area contributed by atoms with Gasteiger partial charge in [0, 0.05) is 55.1 Å². The first kappa shape index (κ1) is 19.8. The molecule has 0 spiro atoms. The van der Waals surface area contributed by atoms with Gasteiger partial charge in [0.1, 0.15) is 11.5 Å². The number of fused-ring (bicyclic) bond motifs is 3. The van der Waals surface area contributed by atoms with Crippen LogP contribution >= 0.6 is 0 Å². The van der Waals surface area contributed by atoms with Gasteiger partial charge in [0.25, 0.3) is 0 Å². The van der Waals surface area contributed by atoms with E-state index in [1.54, 1.807) is 7.11 Å². The van der Waals surface area contributed by atoms with Crippen LogP contribution in [0.5, 0.6) is 11.5 Å². The average Bonchev–Trinajstić information content (AvgIpc) is 3.20. The quantitative estimate of drug-likeness (QED) is 0.435. The minimum Gasteiger partial charge on any atom is -0.495 e. The summed E-state index contributed by atoms with van der Waals surface area (Å²) in [5, 5.41) is 2.51. The summed E-state index contributed by atoms with van der Waals surface area (Å²) < 4.78 is 11.6. The molecule has 5 nitrogen and oxygen atoms in total. The number of methoxy groups -OCH3 is 1. The lowest BCUT2D eigenvalue weighted by molar-refractivity contribution is 0.224. The molecule has 5 heteroatoms. The Hall–Kier alpha value is -3.18. The second kappa shape index (κ2) is 8.90. The van der Waals surface area contributed by atoms with Crippen molar-refractivity contribution in [1.29, 1.82) is 0 Å². The number of anilines is 1. The van der Waals surface area contributed by atoms with Gasteiger partial charge in [-0.2, -0.15) is 0 Å². The number of rotatable bonds is 7. The van der Waals surface area contributed by atoms with Gasteiger partial charge in [-0.15, -0.1) is 0 Å². The van der Waals surface area contributed by atoms with Gasteiger partial charge in [0.05, 0.1) is 24.9 Å². The average molecular weight is 416 g/mol. The van der Waals surface area contributed by atoms with E-state index in [2.05, 4.69) is 69.4 Å². The molecule has 0 saturated carbocycles. The normalized spacial score (nSPS) is 14.9. The van der Waals surface area contributed by atoms with Crippen LogP contribution in [0, 0.1) is 0 Å². The van der Waals surface area contributed by atoms with Crippen LogP contribution in [0.15, 0.2) is 66.7 Å². The van der Waals surface area contributed by atoms with E-state index in [-0.39, 0.29) is 0 Å². The molecular weight excluding hydrogens is 386 g/mol. The van der Waals surface area contributed by atoms with Gasteiger partial charge in [-0.1, -0.05) is 30.3 Å².